The minimum absolute atomic E-state index is 0.259. The number of rotatable bonds is 5. The van der Waals surface area contributed by atoms with Gasteiger partial charge in [0, 0.05) is 29.7 Å². The molecule has 1 aliphatic heterocycles. The molecule has 28 heavy (non-hydrogen) atoms. The second kappa shape index (κ2) is 7.92. The number of para-hydroxylation sites is 1. The Kier molecular flexibility index (Phi) is 5.58. The van der Waals surface area contributed by atoms with Crippen LogP contribution in [0.3, 0.4) is 0 Å². The number of ether oxygens (including phenoxy) is 2. The summed E-state index contributed by atoms with van der Waals surface area (Å²) < 4.78 is 12.7. The van der Waals surface area contributed by atoms with Gasteiger partial charge in [-0.25, -0.2) is 9.59 Å². The van der Waals surface area contributed by atoms with Crippen molar-refractivity contribution in [3.05, 3.63) is 58.6 Å². The number of hydrogen-bond acceptors (Lipinski definition) is 5. The van der Waals surface area contributed by atoms with Gasteiger partial charge in [-0.15, -0.1) is 0 Å². The van der Waals surface area contributed by atoms with Gasteiger partial charge in [-0.3, -0.25) is 0 Å². The first-order chi connectivity index (χ1) is 13.4. The zero-order valence-corrected chi connectivity index (χ0v) is 17.0. The van der Waals surface area contributed by atoms with Crippen LogP contribution >= 0.6 is 0 Å². The number of aryl methyl sites for hydroxylation is 1. The molecule has 0 bridgehead atoms. The standard InChI is InChI=1S/C22H26N2O4/c1-6-27-21(25)18-13(3)23-14(4)19(22(26)28-7-2)20(18)17-12-15-10-8-9-11-16(15)24(17)5/h8-12,20,23H,6-7H2,1-5H3. The molecule has 1 aromatic carbocycles. The molecule has 1 N–H and O–H groups in total. The van der Waals surface area contributed by atoms with Crippen LogP contribution in [-0.2, 0) is 26.1 Å². The Morgan fingerprint density at radius 3 is 2.04 bits per heavy atom. The first kappa shape index (κ1) is 19.7. The fraction of sp³-hybridized carbons (Fsp3) is 0.364. The van der Waals surface area contributed by atoms with Gasteiger partial charge in [0.1, 0.15) is 0 Å². The molecule has 1 aromatic heterocycles. The molecule has 0 unspecified atom stereocenters. The zero-order valence-electron chi connectivity index (χ0n) is 17.0. The smallest absolute Gasteiger partial charge is 0.336 e. The lowest BCUT2D eigenvalue weighted by Crippen LogP contribution is -2.33. The molecule has 0 atom stereocenters. The quantitative estimate of drug-likeness (QED) is 0.801. The van der Waals surface area contributed by atoms with Gasteiger partial charge in [0.05, 0.1) is 30.3 Å². The molecule has 0 saturated carbocycles. The van der Waals surface area contributed by atoms with Crippen molar-refractivity contribution in [3.8, 4) is 0 Å². The highest BCUT2D eigenvalue weighted by molar-refractivity contribution is 6.00. The van der Waals surface area contributed by atoms with E-state index in [-0.39, 0.29) is 13.2 Å². The summed E-state index contributed by atoms with van der Waals surface area (Å²) in [7, 11) is 1.94. The number of benzene rings is 1. The zero-order chi connectivity index (χ0) is 20.4. The summed E-state index contributed by atoms with van der Waals surface area (Å²) >= 11 is 0. The molecule has 3 rings (SSSR count). The van der Waals surface area contributed by atoms with Crippen LogP contribution in [0.5, 0.6) is 0 Å². The summed E-state index contributed by atoms with van der Waals surface area (Å²) in [5.74, 6) is -1.44. The highest BCUT2D eigenvalue weighted by Gasteiger charge is 2.39. The molecule has 0 amide bonds. The summed E-state index contributed by atoms with van der Waals surface area (Å²) in [6, 6.07) is 9.98. The van der Waals surface area contributed by atoms with Gasteiger partial charge in [-0.2, -0.15) is 0 Å². The topological polar surface area (TPSA) is 69.6 Å². The Labute approximate surface area is 164 Å². The first-order valence-corrected chi connectivity index (χ1v) is 9.47. The summed E-state index contributed by atoms with van der Waals surface area (Å²) in [6.07, 6.45) is 0. The largest absolute Gasteiger partial charge is 0.463 e. The fourth-order valence-electron chi connectivity index (χ4n) is 3.84. The molecule has 1 aliphatic rings. The van der Waals surface area contributed by atoms with E-state index in [0.29, 0.717) is 22.5 Å². The maximum atomic E-state index is 12.8. The van der Waals surface area contributed by atoms with E-state index in [1.165, 1.54) is 0 Å². The lowest BCUT2D eigenvalue weighted by Gasteiger charge is -2.30. The van der Waals surface area contributed by atoms with Crippen molar-refractivity contribution in [2.75, 3.05) is 13.2 Å². The maximum absolute atomic E-state index is 12.8. The van der Waals surface area contributed by atoms with Gasteiger partial charge in [0.15, 0.2) is 0 Å². The molecule has 0 spiro atoms. The molecular formula is C22H26N2O4. The number of nitrogens with one attached hydrogen (secondary N) is 1. The number of aromatic nitrogens is 1. The van der Waals surface area contributed by atoms with Crippen LogP contribution in [0.2, 0.25) is 0 Å². The third kappa shape index (κ3) is 3.30. The summed E-state index contributed by atoms with van der Waals surface area (Å²) in [5, 5.41) is 4.20. The van der Waals surface area contributed by atoms with Crippen LogP contribution in [0.1, 0.15) is 39.3 Å². The molecule has 0 saturated heterocycles. The Morgan fingerprint density at radius 1 is 1.00 bits per heavy atom. The minimum Gasteiger partial charge on any atom is -0.463 e. The number of nitrogens with zero attached hydrogens (tertiary/aromatic N) is 1. The van der Waals surface area contributed by atoms with Gasteiger partial charge >= 0.3 is 11.9 Å². The lowest BCUT2D eigenvalue weighted by atomic mass is 9.83. The lowest BCUT2D eigenvalue weighted by molar-refractivity contribution is -0.139. The molecule has 2 heterocycles. The molecule has 0 radical (unpaired) electrons. The van der Waals surface area contributed by atoms with E-state index in [1.807, 2.05) is 55.8 Å². The van der Waals surface area contributed by atoms with E-state index < -0.39 is 17.9 Å². The molecular weight excluding hydrogens is 356 g/mol. The number of allylic oxidation sites excluding steroid dienone is 2. The summed E-state index contributed by atoms with van der Waals surface area (Å²) in [5.41, 5.74) is 4.09. The molecule has 6 nitrogen and oxygen atoms in total. The monoisotopic (exact) mass is 382 g/mol. The van der Waals surface area contributed by atoms with Crippen LogP contribution in [0, 0.1) is 0 Å². The van der Waals surface area contributed by atoms with E-state index in [2.05, 4.69) is 5.32 Å². The van der Waals surface area contributed by atoms with Crippen molar-refractivity contribution in [3.63, 3.8) is 0 Å². The van der Waals surface area contributed by atoms with Gasteiger partial charge in [0.2, 0.25) is 0 Å². The average Bonchev–Trinajstić information content (AvgIpc) is 2.98. The number of hydrogen-bond donors (Lipinski definition) is 1. The number of carbonyl (C=O) groups is 2. The Balaban J connectivity index is 2.26. The predicted molar refractivity (Wildman–Crippen MR) is 107 cm³/mol. The summed E-state index contributed by atoms with van der Waals surface area (Å²) in [6.45, 7) is 7.71. The molecule has 2 aromatic rings. The van der Waals surface area contributed by atoms with Crippen LogP contribution in [-0.4, -0.2) is 29.7 Å². The Bertz CT molecular complexity index is 957. The first-order valence-electron chi connectivity index (χ1n) is 9.47. The minimum atomic E-state index is -0.572. The van der Waals surface area contributed by atoms with Crippen LogP contribution in [0.25, 0.3) is 10.9 Å². The van der Waals surface area contributed by atoms with Crippen molar-refractivity contribution in [1.29, 1.82) is 0 Å². The van der Waals surface area contributed by atoms with Crippen molar-refractivity contribution in [2.45, 2.75) is 33.6 Å². The molecule has 6 heteroatoms. The van der Waals surface area contributed by atoms with Crippen LogP contribution in [0.4, 0.5) is 0 Å². The average molecular weight is 382 g/mol. The second-order valence-corrected chi connectivity index (χ2v) is 6.76. The number of dihydropyridines is 1. The second-order valence-electron chi connectivity index (χ2n) is 6.76. The maximum Gasteiger partial charge on any atom is 0.336 e. The van der Waals surface area contributed by atoms with E-state index >= 15 is 0 Å². The van der Waals surface area contributed by atoms with E-state index in [4.69, 9.17) is 9.47 Å². The number of fused-ring (bicyclic) bond motifs is 1. The normalized spacial score (nSPS) is 15.0. The van der Waals surface area contributed by atoms with E-state index in [9.17, 15) is 9.59 Å². The van der Waals surface area contributed by atoms with Gasteiger partial charge in [-0.1, -0.05) is 18.2 Å². The van der Waals surface area contributed by atoms with Crippen molar-refractivity contribution >= 4 is 22.8 Å². The van der Waals surface area contributed by atoms with Crippen LogP contribution < -0.4 is 5.32 Å². The third-order valence-electron chi connectivity index (χ3n) is 5.04. The SMILES string of the molecule is CCOC(=O)C1=C(C)NC(C)=C(C(=O)OCC)C1c1cc2ccccc2n1C. The predicted octanol–water partition coefficient (Wildman–Crippen LogP) is 3.54. The highest BCUT2D eigenvalue weighted by atomic mass is 16.5. The van der Waals surface area contributed by atoms with Gasteiger partial charge < -0.3 is 19.4 Å². The third-order valence-corrected chi connectivity index (χ3v) is 5.04. The molecule has 148 valence electrons. The van der Waals surface area contributed by atoms with Crippen molar-refractivity contribution in [1.82, 2.24) is 9.88 Å². The number of carbonyl (C=O) groups excluding carboxylic acids is 2. The van der Waals surface area contributed by atoms with Crippen molar-refractivity contribution < 1.29 is 19.1 Å². The fourth-order valence-corrected chi connectivity index (χ4v) is 3.84. The van der Waals surface area contributed by atoms with Gasteiger partial charge in [-0.05, 0) is 45.2 Å². The highest BCUT2D eigenvalue weighted by Crippen LogP contribution is 2.40. The number of esters is 2. The van der Waals surface area contributed by atoms with Gasteiger partial charge in [0.25, 0.3) is 0 Å². The molecule has 0 fully saturated rings. The van der Waals surface area contributed by atoms with Crippen molar-refractivity contribution in [2.24, 2.45) is 7.05 Å². The Morgan fingerprint density at radius 2 is 1.54 bits per heavy atom. The van der Waals surface area contributed by atoms with E-state index in [0.717, 1.165) is 16.6 Å². The van der Waals surface area contributed by atoms with E-state index in [1.54, 1.807) is 13.8 Å². The summed E-state index contributed by atoms with van der Waals surface area (Å²) in [4.78, 5) is 25.7. The van der Waals surface area contributed by atoms with Crippen LogP contribution in [0.15, 0.2) is 52.9 Å². The molecule has 0 aliphatic carbocycles. The Hall–Kier alpha value is -3.02.